The van der Waals surface area contributed by atoms with E-state index in [1.165, 1.54) is 6.08 Å². The van der Waals surface area contributed by atoms with Crippen LogP contribution in [0.1, 0.15) is 17.0 Å². The Morgan fingerprint density at radius 3 is 2.56 bits per heavy atom. The number of hydrogen-bond donors (Lipinski definition) is 1. The van der Waals surface area contributed by atoms with Gasteiger partial charge in [-0.3, -0.25) is 0 Å². The molecule has 5 nitrogen and oxygen atoms in total. The Bertz CT molecular complexity index is 954. The minimum Gasteiger partial charge on any atom is -0.487 e. The summed E-state index contributed by atoms with van der Waals surface area (Å²) in [5.74, 6) is 1.07. The summed E-state index contributed by atoms with van der Waals surface area (Å²) in [7, 11) is 0. The lowest BCUT2D eigenvalue weighted by molar-refractivity contribution is -0.131. The van der Waals surface area contributed by atoms with Crippen LogP contribution in [0.4, 0.5) is 0 Å². The highest BCUT2D eigenvalue weighted by Crippen LogP contribution is 2.22. The summed E-state index contributed by atoms with van der Waals surface area (Å²) in [6.45, 7) is 2.19. The number of hydrogen-bond acceptors (Lipinski definition) is 4. The van der Waals surface area contributed by atoms with Gasteiger partial charge in [-0.25, -0.2) is 9.78 Å². The monoisotopic (exact) mass is 361 g/mol. The van der Waals surface area contributed by atoms with Crippen molar-refractivity contribution in [2.24, 2.45) is 0 Å². The van der Waals surface area contributed by atoms with Crippen molar-refractivity contribution in [2.75, 3.05) is 0 Å². The first-order chi connectivity index (χ1) is 13.1. The number of carboxylic acids is 1. The van der Waals surface area contributed by atoms with E-state index in [-0.39, 0.29) is 0 Å². The summed E-state index contributed by atoms with van der Waals surface area (Å²) in [6.07, 6.45) is 6.05. The molecule has 0 saturated heterocycles. The topological polar surface area (TPSA) is 72.6 Å². The van der Waals surface area contributed by atoms with Gasteiger partial charge >= 0.3 is 5.97 Å². The van der Waals surface area contributed by atoms with Gasteiger partial charge in [0.25, 0.3) is 0 Å². The highest BCUT2D eigenvalue weighted by molar-refractivity contribution is 5.80. The van der Waals surface area contributed by atoms with Crippen LogP contribution in [0.3, 0.4) is 0 Å². The van der Waals surface area contributed by atoms with Crippen molar-refractivity contribution in [3.8, 4) is 17.2 Å². The van der Waals surface area contributed by atoms with Crippen LogP contribution >= 0.6 is 0 Å². The normalized spacial score (nSPS) is 11.3. The molecule has 1 N–H and O–H groups in total. The molecule has 0 fully saturated rings. The van der Waals surface area contributed by atoms with Gasteiger partial charge in [0.1, 0.15) is 23.8 Å². The molecule has 0 bridgehead atoms. The van der Waals surface area contributed by atoms with Gasteiger partial charge in [-0.15, -0.1) is 0 Å². The fourth-order valence-corrected chi connectivity index (χ4v) is 2.40. The highest BCUT2D eigenvalue weighted by Gasteiger charge is 2.11. The zero-order valence-corrected chi connectivity index (χ0v) is 14.8. The summed E-state index contributed by atoms with van der Waals surface area (Å²) in [5.41, 5.74) is 2.64. The number of nitrogens with zero attached hydrogens (tertiary/aromatic N) is 1. The van der Waals surface area contributed by atoms with Gasteiger partial charge in [0.2, 0.25) is 5.89 Å². The standard InChI is InChI=1S/C22H19NO4/c1-16-20(23-22(27-16)18-8-3-2-4-9-18)15-26-19-13-11-17(12-14-19)7-5-6-10-21(24)25/h2-14H,15H2,1H3,(H,24,25). The van der Waals surface area contributed by atoms with Crippen molar-refractivity contribution >= 4 is 12.0 Å². The number of allylic oxidation sites excluding steroid dienone is 2. The smallest absolute Gasteiger partial charge is 0.328 e. The van der Waals surface area contributed by atoms with Crippen LogP contribution in [-0.4, -0.2) is 16.1 Å². The molecule has 0 atom stereocenters. The molecule has 0 aliphatic heterocycles. The molecule has 3 rings (SSSR count). The molecule has 3 aromatic rings. The third-order valence-corrected chi connectivity index (χ3v) is 3.81. The fourth-order valence-electron chi connectivity index (χ4n) is 2.40. The second kappa shape index (κ2) is 8.67. The van der Waals surface area contributed by atoms with Gasteiger partial charge in [0.05, 0.1) is 0 Å². The van der Waals surface area contributed by atoms with Crippen molar-refractivity contribution in [3.63, 3.8) is 0 Å². The van der Waals surface area contributed by atoms with E-state index in [2.05, 4.69) is 4.98 Å². The molecule has 0 amide bonds. The highest BCUT2D eigenvalue weighted by atomic mass is 16.5. The van der Waals surface area contributed by atoms with E-state index >= 15 is 0 Å². The number of carboxylic acid groups (broad SMARTS) is 1. The number of aromatic nitrogens is 1. The van der Waals surface area contributed by atoms with E-state index in [9.17, 15) is 4.79 Å². The van der Waals surface area contributed by atoms with E-state index < -0.39 is 5.97 Å². The van der Waals surface area contributed by atoms with Crippen LogP contribution in [0, 0.1) is 6.92 Å². The molecule has 0 aliphatic carbocycles. The number of benzene rings is 2. The van der Waals surface area contributed by atoms with Crippen molar-refractivity contribution in [3.05, 3.63) is 89.8 Å². The molecule has 0 unspecified atom stereocenters. The van der Waals surface area contributed by atoms with Gasteiger partial charge in [-0.2, -0.15) is 0 Å². The summed E-state index contributed by atoms with van der Waals surface area (Å²) >= 11 is 0. The Labute approximate surface area is 157 Å². The number of carbonyl (C=O) groups is 1. The van der Waals surface area contributed by atoms with Crippen LogP contribution in [0.5, 0.6) is 5.75 Å². The van der Waals surface area contributed by atoms with Gasteiger partial charge in [-0.1, -0.05) is 48.6 Å². The van der Waals surface area contributed by atoms with Crippen LogP contribution in [-0.2, 0) is 11.4 Å². The summed E-state index contributed by atoms with van der Waals surface area (Å²) < 4.78 is 11.5. The van der Waals surface area contributed by atoms with Crippen molar-refractivity contribution in [1.82, 2.24) is 4.98 Å². The molecular formula is C22H19NO4. The van der Waals surface area contributed by atoms with Crippen molar-refractivity contribution in [1.29, 1.82) is 0 Å². The van der Waals surface area contributed by atoms with Gasteiger partial charge in [0.15, 0.2) is 0 Å². The minimum atomic E-state index is -0.970. The molecule has 1 heterocycles. The van der Waals surface area contributed by atoms with Crippen LogP contribution < -0.4 is 4.74 Å². The Morgan fingerprint density at radius 2 is 1.85 bits per heavy atom. The number of aliphatic carboxylic acids is 1. The second-order valence-electron chi connectivity index (χ2n) is 5.80. The van der Waals surface area contributed by atoms with Crippen LogP contribution in [0.25, 0.3) is 17.5 Å². The third-order valence-electron chi connectivity index (χ3n) is 3.81. The number of rotatable bonds is 7. The maximum absolute atomic E-state index is 10.4. The van der Waals surface area contributed by atoms with Crippen molar-refractivity contribution < 1.29 is 19.1 Å². The van der Waals surface area contributed by atoms with E-state index in [0.29, 0.717) is 12.5 Å². The second-order valence-corrected chi connectivity index (χ2v) is 5.80. The third kappa shape index (κ3) is 5.19. The predicted octanol–water partition coefficient (Wildman–Crippen LogP) is 4.88. The number of ether oxygens (including phenoxy) is 1. The molecule has 0 saturated carbocycles. The average molecular weight is 361 g/mol. The van der Waals surface area contributed by atoms with E-state index in [4.69, 9.17) is 14.3 Å². The summed E-state index contributed by atoms with van der Waals surface area (Å²) in [4.78, 5) is 14.9. The molecule has 1 aromatic heterocycles. The van der Waals surface area contributed by atoms with Gasteiger partial charge < -0.3 is 14.3 Å². The first-order valence-electron chi connectivity index (χ1n) is 8.44. The minimum absolute atomic E-state index is 0.318. The predicted molar refractivity (Wildman–Crippen MR) is 103 cm³/mol. The van der Waals surface area contributed by atoms with E-state index in [0.717, 1.165) is 34.4 Å². The molecule has 0 aliphatic rings. The zero-order valence-electron chi connectivity index (χ0n) is 14.8. The molecule has 136 valence electrons. The molecule has 5 heteroatoms. The summed E-state index contributed by atoms with van der Waals surface area (Å²) in [5, 5.41) is 8.54. The Hall–Kier alpha value is -3.60. The molecular weight excluding hydrogens is 342 g/mol. The van der Waals surface area contributed by atoms with E-state index in [1.807, 2.05) is 67.6 Å². The van der Waals surface area contributed by atoms with E-state index in [1.54, 1.807) is 6.08 Å². The van der Waals surface area contributed by atoms with Crippen molar-refractivity contribution in [2.45, 2.75) is 13.5 Å². The lowest BCUT2D eigenvalue weighted by atomic mass is 10.2. The maximum atomic E-state index is 10.4. The zero-order chi connectivity index (χ0) is 19.1. The molecule has 0 radical (unpaired) electrons. The fraction of sp³-hybridized carbons (Fsp3) is 0.0909. The average Bonchev–Trinajstić information content (AvgIpc) is 3.06. The first kappa shape index (κ1) is 18.2. The Morgan fingerprint density at radius 1 is 1.11 bits per heavy atom. The molecule has 27 heavy (non-hydrogen) atoms. The first-order valence-corrected chi connectivity index (χ1v) is 8.44. The molecule has 0 spiro atoms. The lowest BCUT2D eigenvalue weighted by Crippen LogP contribution is -1.97. The largest absolute Gasteiger partial charge is 0.487 e. The number of aryl methyl sites for hydroxylation is 1. The van der Waals surface area contributed by atoms with Gasteiger partial charge in [-0.05, 0) is 36.8 Å². The SMILES string of the molecule is Cc1oc(-c2ccccc2)nc1COc1ccc(C=CC=CC(=O)O)cc1. The lowest BCUT2D eigenvalue weighted by Gasteiger charge is -2.04. The van der Waals surface area contributed by atoms with Crippen LogP contribution in [0.2, 0.25) is 0 Å². The Balaban J connectivity index is 1.60. The Kier molecular flexibility index (Phi) is 5.84. The quantitative estimate of drug-likeness (QED) is 0.479. The summed E-state index contributed by atoms with van der Waals surface area (Å²) in [6, 6.07) is 17.2. The maximum Gasteiger partial charge on any atom is 0.328 e. The van der Waals surface area contributed by atoms with Gasteiger partial charge in [0, 0.05) is 11.6 Å². The molecule has 2 aromatic carbocycles. The van der Waals surface area contributed by atoms with Crippen LogP contribution in [0.15, 0.2) is 77.2 Å². The number of oxazole rings is 1.